The highest BCUT2D eigenvalue weighted by Crippen LogP contribution is 2.15. The Morgan fingerprint density at radius 3 is 2.37 bits per heavy atom. The Hall–Kier alpha value is -3.24. The van der Waals surface area contributed by atoms with Crippen LogP contribution in [0, 0.1) is 12.3 Å². The van der Waals surface area contributed by atoms with Crippen molar-refractivity contribution in [1.29, 1.82) is 5.41 Å². The van der Waals surface area contributed by atoms with Gasteiger partial charge in [-0.3, -0.25) is 15.0 Å². The van der Waals surface area contributed by atoms with E-state index in [9.17, 15) is 23.1 Å². The molecule has 6 N–H and O–H groups in total. The number of aliphatic carboxylic acids is 1. The molecule has 0 aliphatic rings. The molecule has 0 aromatic heterocycles. The maximum atomic E-state index is 12.8. The number of amidine groups is 1. The van der Waals surface area contributed by atoms with Crippen molar-refractivity contribution in [2.45, 2.75) is 69.4 Å². The Bertz CT molecular complexity index is 1130. The van der Waals surface area contributed by atoms with E-state index in [1.165, 1.54) is 12.1 Å². The number of carboxylic acids is 1. The largest absolute Gasteiger partial charge is 0.481 e. The van der Waals surface area contributed by atoms with E-state index in [1.807, 2.05) is 25.1 Å². The number of carbonyl (C=O) groups excluding carboxylic acids is 1. The number of nitrogens with two attached hydrogens (primary N) is 1. The lowest BCUT2D eigenvalue weighted by molar-refractivity contribution is -0.138. The van der Waals surface area contributed by atoms with Crippen molar-refractivity contribution in [3.8, 4) is 0 Å². The maximum absolute atomic E-state index is 12.8. The van der Waals surface area contributed by atoms with Gasteiger partial charge in [0.15, 0.2) is 0 Å². The van der Waals surface area contributed by atoms with Gasteiger partial charge < -0.3 is 16.2 Å². The van der Waals surface area contributed by atoms with E-state index in [2.05, 4.69) is 10.0 Å². The molecule has 2 aromatic rings. The van der Waals surface area contributed by atoms with Crippen LogP contribution in [0.5, 0.6) is 0 Å². The second-order valence-corrected chi connectivity index (χ2v) is 10.3. The summed E-state index contributed by atoms with van der Waals surface area (Å²) in [6.45, 7) is 3.58. The van der Waals surface area contributed by atoms with Crippen LogP contribution in [0.2, 0.25) is 0 Å². The topological polar surface area (TPSA) is 162 Å². The van der Waals surface area contributed by atoms with Crippen LogP contribution in [0.3, 0.4) is 0 Å². The first-order chi connectivity index (χ1) is 16.5. The van der Waals surface area contributed by atoms with Gasteiger partial charge in [-0.15, -0.1) is 0 Å². The van der Waals surface area contributed by atoms with E-state index in [0.29, 0.717) is 24.8 Å². The van der Waals surface area contributed by atoms with Gasteiger partial charge in [-0.25, -0.2) is 13.1 Å². The average Bonchev–Trinajstić information content (AvgIpc) is 2.80. The number of sulfonamides is 1. The molecule has 0 saturated heterocycles. The normalized spacial score (nSPS) is 13.1. The molecule has 0 spiro atoms. The van der Waals surface area contributed by atoms with Crippen molar-refractivity contribution in [2.24, 2.45) is 5.73 Å². The van der Waals surface area contributed by atoms with Gasteiger partial charge in [0, 0.05) is 18.0 Å². The lowest BCUT2D eigenvalue weighted by Gasteiger charge is -2.27. The molecular weight excluding hydrogens is 468 g/mol. The first-order valence-electron chi connectivity index (χ1n) is 11.5. The standard InChI is InChI=1S/C25H34N4O5S/c1-3-21(29-35(33,34)20-13-11-17(2)12-14-20)22(16-24(31)32)28-23(30)10-5-4-7-18-8-6-9-19(15-18)25(26)27/h6,8-9,11-15,21-22,29H,3-5,7,10,16H2,1-2H3,(H3,26,27)(H,28,30)(H,31,32). The van der Waals surface area contributed by atoms with Gasteiger partial charge in [0.25, 0.3) is 0 Å². The Kier molecular flexibility index (Phi) is 10.4. The molecule has 0 radical (unpaired) electrons. The molecule has 2 atom stereocenters. The van der Waals surface area contributed by atoms with Crippen molar-refractivity contribution in [2.75, 3.05) is 0 Å². The fourth-order valence-electron chi connectivity index (χ4n) is 3.70. The van der Waals surface area contributed by atoms with E-state index in [4.69, 9.17) is 11.1 Å². The molecule has 9 nitrogen and oxygen atoms in total. The molecule has 0 aliphatic carbocycles. The minimum atomic E-state index is -3.88. The van der Waals surface area contributed by atoms with Crippen LogP contribution in [-0.4, -0.2) is 43.3 Å². The molecule has 2 aromatic carbocycles. The zero-order valence-corrected chi connectivity index (χ0v) is 20.9. The van der Waals surface area contributed by atoms with Crippen LogP contribution in [0.4, 0.5) is 0 Å². The van der Waals surface area contributed by atoms with Crippen LogP contribution < -0.4 is 15.8 Å². The molecule has 190 valence electrons. The quantitative estimate of drug-likeness (QED) is 0.151. The smallest absolute Gasteiger partial charge is 0.305 e. The number of unbranched alkanes of at least 4 members (excludes halogenated alkanes) is 1. The summed E-state index contributed by atoms with van der Waals surface area (Å²) in [5, 5.41) is 19.6. The fourth-order valence-corrected chi connectivity index (χ4v) is 5.06. The van der Waals surface area contributed by atoms with E-state index in [-0.39, 0.29) is 23.1 Å². The number of nitrogen functional groups attached to an aromatic ring is 1. The fraction of sp³-hybridized carbons (Fsp3) is 0.400. The highest BCUT2D eigenvalue weighted by Gasteiger charge is 2.29. The van der Waals surface area contributed by atoms with E-state index in [1.54, 1.807) is 25.1 Å². The first kappa shape index (κ1) is 28.0. The minimum Gasteiger partial charge on any atom is -0.481 e. The summed E-state index contributed by atoms with van der Waals surface area (Å²) in [6.07, 6.45) is 2.08. The summed E-state index contributed by atoms with van der Waals surface area (Å²) in [4.78, 5) is 24.1. The third-order valence-electron chi connectivity index (χ3n) is 5.66. The predicted octanol–water partition coefficient (Wildman–Crippen LogP) is 2.71. The summed E-state index contributed by atoms with van der Waals surface area (Å²) < 4.78 is 28.2. The number of carbonyl (C=O) groups is 2. The summed E-state index contributed by atoms with van der Waals surface area (Å²) in [5.74, 6) is -1.46. The molecule has 10 heteroatoms. The third kappa shape index (κ3) is 9.14. The highest BCUT2D eigenvalue weighted by molar-refractivity contribution is 7.89. The number of amides is 1. The van der Waals surface area contributed by atoms with Gasteiger partial charge in [-0.1, -0.05) is 42.8 Å². The van der Waals surface area contributed by atoms with Crippen molar-refractivity contribution in [3.05, 3.63) is 65.2 Å². The van der Waals surface area contributed by atoms with E-state index >= 15 is 0 Å². The number of carboxylic acid groups (broad SMARTS) is 1. The molecule has 2 rings (SSSR count). The summed E-state index contributed by atoms with van der Waals surface area (Å²) in [6, 6.07) is 12.0. The minimum absolute atomic E-state index is 0.000759. The lowest BCUT2D eigenvalue weighted by atomic mass is 10.0. The number of aryl methyl sites for hydroxylation is 2. The van der Waals surface area contributed by atoms with Crippen molar-refractivity contribution >= 4 is 27.7 Å². The van der Waals surface area contributed by atoms with Gasteiger partial charge >= 0.3 is 5.97 Å². The molecule has 0 bridgehead atoms. The Balaban J connectivity index is 1.96. The summed E-state index contributed by atoms with van der Waals surface area (Å²) in [5.41, 5.74) is 8.09. The molecule has 2 unspecified atom stereocenters. The van der Waals surface area contributed by atoms with Crippen LogP contribution in [0.15, 0.2) is 53.4 Å². The number of hydrogen-bond acceptors (Lipinski definition) is 5. The highest BCUT2D eigenvalue weighted by atomic mass is 32.2. The number of hydrogen-bond donors (Lipinski definition) is 5. The Labute approximate surface area is 206 Å². The van der Waals surface area contributed by atoms with Gasteiger partial charge in [0.2, 0.25) is 15.9 Å². The van der Waals surface area contributed by atoms with Crippen molar-refractivity contribution in [1.82, 2.24) is 10.0 Å². The number of rotatable bonds is 14. The zero-order chi connectivity index (χ0) is 26.0. The SMILES string of the molecule is CCC(NS(=O)(=O)c1ccc(C)cc1)C(CC(=O)O)NC(=O)CCCCc1cccc(C(=N)N)c1. The molecule has 1 amide bonds. The predicted molar refractivity (Wildman–Crippen MR) is 135 cm³/mol. The summed E-state index contributed by atoms with van der Waals surface area (Å²) >= 11 is 0. The molecule has 0 heterocycles. The number of nitrogens with one attached hydrogen (secondary N) is 3. The monoisotopic (exact) mass is 502 g/mol. The first-order valence-corrected chi connectivity index (χ1v) is 13.0. The average molecular weight is 503 g/mol. The third-order valence-corrected chi connectivity index (χ3v) is 7.17. The van der Waals surface area contributed by atoms with Crippen molar-refractivity contribution < 1.29 is 23.1 Å². The van der Waals surface area contributed by atoms with Gasteiger partial charge in [0.1, 0.15) is 5.84 Å². The second kappa shape index (κ2) is 13.0. The van der Waals surface area contributed by atoms with E-state index < -0.39 is 34.5 Å². The molecule has 0 aliphatic heterocycles. The second-order valence-electron chi connectivity index (χ2n) is 8.54. The lowest BCUT2D eigenvalue weighted by Crippen LogP contribution is -2.52. The zero-order valence-electron chi connectivity index (χ0n) is 20.1. The van der Waals surface area contributed by atoms with Gasteiger partial charge in [-0.05, 0) is 56.4 Å². The molecular formula is C25H34N4O5S. The van der Waals surface area contributed by atoms with Gasteiger partial charge in [-0.2, -0.15) is 0 Å². The van der Waals surface area contributed by atoms with Gasteiger partial charge in [0.05, 0.1) is 17.4 Å². The summed E-state index contributed by atoms with van der Waals surface area (Å²) in [7, 11) is -3.88. The van der Waals surface area contributed by atoms with Crippen LogP contribution >= 0.6 is 0 Å². The van der Waals surface area contributed by atoms with Crippen LogP contribution in [0.25, 0.3) is 0 Å². The van der Waals surface area contributed by atoms with Crippen LogP contribution in [0.1, 0.15) is 55.7 Å². The molecule has 35 heavy (non-hydrogen) atoms. The molecule has 0 saturated carbocycles. The number of benzene rings is 2. The Morgan fingerprint density at radius 2 is 1.77 bits per heavy atom. The maximum Gasteiger partial charge on any atom is 0.305 e. The van der Waals surface area contributed by atoms with E-state index in [0.717, 1.165) is 17.5 Å². The Morgan fingerprint density at radius 1 is 1.09 bits per heavy atom. The molecule has 0 fully saturated rings. The van der Waals surface area contributed by atoms with Crippen molar-refractivity contribution in [3.63, 3.8) is 0 Å². The van der Waals surface area contributed by atoms with Crippen LogP contribution in [-0.2, 0) is 26.0 Å².